The highest BCUT2D eigenvalue weighted by Crippen LogP contribution is 2.19. The van der Waals surface area contributed by atoms with Gasteiger partial charge < -0.3 is 71.4 Å². The molecule has 0 spiro atoms. The number of nitrogens with one attached hydrogen (secondary N) is 3. The van der Waals surface area contributed by atoms with Gasteiger partial charge in [-0.05, 0) is 141 Å². The van der Waals surface area contributed by atoms with Gasteiger partial charge in [0.25, 0.3) is 17.7 Å². The Morgan fingerprint density at radius 1 is 0.314 bits per heavy atom. The number of phenolic OH excluding ortho intramolecular Hbond substituents is 3. The fourth-order valence-electron chi connectivity index (χ4n) is 7.97. The summed E-state index contributed by atoms with van der Waals surface area (Å²) in [6.07, 6.45) is 0. The van der Waals surface area contributed by atoms with E-state index in [1.165, 1.54) is 40.3 Å². The van der Waals surface area contributed by atoms with E-state index < -0.39 is 24.0 Å². The van der Waals surface area contributed by atoms with Crippen LogP contribution in [-0.4, -0.2) is 96.9 Å². The van der Waals surface area contributed by atoms with Crippen LogP contribution in [0.5, 0.6) is 17.2 Å². The van der Waals surface area contributed by atoms with Crippen molar-refractivity contribution < 1.29 is 29.7 Å². The Kier molecular flexibility index (Phi) is 47.4. The number of amidine groups is 3. The number of hydrogen-bond donors (Lipinski definition) is 13. The molecule has 3 atom stereocenters. The van der Waals surface area contributed by atoms with Crippen LogP contribution >= 0.6 is 0 Å². The van der Waals surface area contributed by atoms with Crippen LogP contribution in [0.4, 0.5) is 17.1 Å². The number of carbonyl (C=O) groups is 3. The van der Waals surface area contributed by atoms with Gasteiger partial charge >= 0.3 is 0 Å². The maximum Gasteiger partial charge on any atom is 0.254 e. The van der Waals surface area contributed by atoms with Crippen LogP contribution in [0.15, 0.2) is 294 Å². The first-order valence-corrected chi connectivity index (χ1v) is 31.1. The molecule has 0 aliphatic rings. The van der Waals surface area contributed by atoms with Crippen molar-refractivity contribution >= 4 is 52.3 Å². The number of azo groups is 3. The van der Waals surface area contributed by atoms with E-state index in [4.69, 9.17) is 17.2 Å². The number of carbonyl (C=O) groups excluding carboxylic acids is 3. The quantitative estimate of drug-likeness (QED) is 0.0152. The topological polar surface area (TPSA) is 441 Å². The molecule has 9 aromatic carbocycles. The van der Waals surface area contributed by atoms with E-state index >= 15 is 0 Å². The van der Waals surface area contributed by atoms with Crippen LogP contribution in [-0.2, 0) is 53.7 Å². The summed E-state index contributed by atoms with van der Waals surface area (Å²) in [7, 11) is 6.00. The van der Waals surface area contributed by atoms with E-state index in [1.807, 2.05) is 171 Å². The zero-order valence-corrected chi connectivity index (χ0v) is 56.3. The standard InChI is InChI=1S/C24H25N5O.C23H23N5O3.C23H23N5O2.4CH5N.3CH4/c1-18-12-14-20(15-13-18)17-27-24(30)22(29-28-21-10-6-3-7-11-21)23(25)26-16-19-8-4-2-5-9-19;24-22(25-14-17-6-10-19(29)11-7-17)21(28-27-18-8-12-20(30)13-9-18)23(31)26-15-16-4-2-1-3-5-16;24-22(25-15-18-11-13-20(29)14-12-18)21(28-27-19-9-5-2-6-10-19)23(30)26-16-17-7-3-1-4-8-17;4*1-2;;;/h2-15,22H,16-17H2,1H3,(H2,25,26)(H,27,30);1-13,21,29-30H,14-15H2,(H2,24,25)(H,26,31);1-14,21,29H,15-16H2,(H2,24,25)(H,26,30);4*2H2,1H3;3*1H4. The van der Waals surface area contributed by atoms with Gasteiger partial charge in [0.05, 0.1) is 36.7 Å². The fraction of sp³-hybridized carbons (Fsp3) is 0.221. The molecule has 0 heterocycles. The lowest BCUT2D eigenvalue weighted by Crippen LogP contribution is -2.42. The second kappa shape index (κ2) is 53.8. The number of nitrogens with two attached hydrogens (primary N) is 7. The summed E-state index contributed by atoms with van der Waals surface area (Å²) in [4.78, 5) is 51.4. The maximum absolute atomic E-state index is 12.8. The largest absolute Gasteiger partial charge is 0.508 e. The van der Waals surface area contributed by atoms with Crippen molar-refractivity contribution in [3.05, 3.63) is 288 Å². The molecule has 0 aliphatic carbocycles. The first kappa shape index (κ1) is 89.8. The summed E-state index contributed by atoms with van der Waals surface area (Å²) in [6, 6.07) is 71.1. The molecule has 3 unspecified atom stereocenters. The molecule has 542 valence electrons. The monoisotopic (exact) mass is 1390 g/mol. The van der Waals surface area contributed by atoms with Crippen LogP contribution in [0, 0.1) is 6.92 Å². The van der Waals surface area contributed by atoms with E-state index in [-0.39, 0.29) is 81.9 Å². The van der Waals surface area contributed by atoms with Crippen molar-refractivity contribution in [2.24, 2.45) is 85.8 Å². The first-order valence-electron chi connectivity index (χ1n) is 31.1. The molecule has 102 heavy (non-hydrogen) atoms. The Hall–Kier alpha value is -12.2. The summed E-state index contributed by atoms with van der Waals surface area (Å²) in [6.45, 7) is 3.92. The van der Waals surface area contributed by atoms with Gasteiger partial charge in [-0.1, -0.05) is 204 Å². The average Bonchev–Trinajstić information content (AvgIpc) is 0.907. The molecule has 0 radical (unpaired) electrons. The summed E-state index contributed by atoms with van der Waals surface area (Å²) < 4.78 is 0. The summed E-state index contributed by atoms with van der Waals surface area (Å²) in [5.41, 5.74) is 44.8. The van der Waals surface area contributed by atoms with Gasteiger partial charge in [0.2, 0.25) is 18.1 Å². The summed E-state index contributed by atoms with van der Waals surface area (Å²) >= 11 is 0. The third kappa shape index (κ3) is 35.4. The number of rotatable bonds is 24. The molecule has 0 aliphatic heterocycles. The first-order chi connectivity index (χ1) is 48.2. The van der Waals surface area contributed by atoms with Crippen LogP contribution in [0.25, 0.3) is 0 Å². The Labute approximate surface area is 600 Å². The molecule has 9 aromatic rings. The van der Waals surface area contributed by atoms with Crippen LogP contribution in [0.2, 0.25) is 0 Å². The lowest BCUT2D eigenvalue weighted by atomic mass is 10.1. The Morgan fingerprint density at radius 2 is 0.529 bits per heavy atom. The number of amides is 3. The second-order valence-electron chi connectivity index (χ2n) is 20.2. The zero-order chi connectivity index (χ0) is 72.4. The fourth-order valence-corrected chi connectivity index (χ4v) is 7.97. The Bertz CT molecular complexity index is 3870. The Balaban J connectivity index is 0.00000141. The number of hydrogen-bond acceptors (Lipinski definition) is 19. The summed E-state index contributed by atoms with van der Waals surface area (Å²) in [5.74, 6) is -0.527. The highest BCUT2D eigenvalue weighted by atomic mass is 16.3. The van der Waals surface area contributed by atoms with Crippen molar-refractivity contribution in [3.63, 3.8) is 0 Å². The molecule has 0 bridgehead atoms. The minimum Gasteiger partial charge on any atom is -0.508 e. The minimum atomic E-state index is -1.12. The molecular formula is C77H103N19O6. The third-order valence-corrected chi connectivity index (χ3v) is 13.1. The molecule has 20 N–H and O–H groups in total. The number of aryl methyl sites for hydroxylation is 1. The van der Waals surface area contributed by atoms with Crippen molar-refractivity contribution in [3.8, 4) is 17.2 Å². The number of phenols is 3. The molecule has 0 saturated heterocycles. The molecule has 0 saturated carbocycles. The number of aliphatic imine (C=N–C) groups is 3. The van der Waals surface area contributed by atoms with Gasteiger partial charge in [-0.3, -0.25) is 29.4 Å². The average molecular weight is 1390 g/mol. The highest BCUT2D eigenvalue weighted by molar-refractivity contribution is 6.07. The molecule has 0 fully saturated rings. The minimum absolute atomic E-state index is 0. The van der Waals surface area contributed by atoms with Gasteiger partial charge in [0.1, 0.15) is 34.8 Å². The van der Waals surface area contributed by atoms with E-state index in [0.717, 1.165) is 38.9 Å². The van der Waals surface area contributed by atoms with Gasteiger partial charge in [-0.15, -0.1) is 0 Å². The number of nitrogens with zero attached hydrogens (tertiary/aromatic N) is 9. The molecule has 9 rings (SSSR count). The van der Waals surface area contributed by atoms with Crippen molar-refractivity contribution in [2.45, 2.75) is 86.6 Å². The third-order valence-electron chi connectivity index (χ3n) is 13.1. The molecule has 3 amide bonds. The van der Waals surface area contributed by atoms with Crippen LogP contribution < -0.4 is 56.1 Å². The van der Waals surface area contributed by atoms with Gasteiger partial charge in [0.15, 0.2) is 0 Å². The van der Waals surface area contributed by atoms with Gasteiger partial charge in [-0.2, -0.15) is 30.7 Å². The van der Waals surface area contributed by atoms with Crippen molar-refractivity contribution in [1.29, 1.82) is 0 Å². The lowest BCUT2D eigenvalue weighted by Gasteiger charge is -2.12. The second-order valence-corrected chi connectivity index (χ2v) is 20.2. The molecule has 0 aromatic heterocycles. The highest BCUT2D eigenvalue weighted by Gasteiger charge is 2.25. The van der Waals surface area contributed by atoms with Crippen molar-refractivity contribution in [2.75, 3.05) is 28.2 Å². The zero-order valence-electron chi connectivity index (χ0n) is 56.3. The van der Waals surface area contributed by atoms with Gasteiger partial charge in [-0.25, -0.2) is 0 Å². The smallest absolute Gasteiger partial charge is 0.254 e. The maximum atomic E-state index is 12.8. The Morgan fingerprint density at radius 3 is 0.814 bits per heavy atom. The molecular weight excluding hydrogens is 1290 g/mol. The number of benzene rings is 9. The van der Waals surface area contributed by atoms with E-state index in [9.17, 15) is 29.7 Å². The predicted molar refractivity (Wildman–Crippen MR) is 415 cm³/mol. The van der Waals surface area contributed by atoms with Gasteiger partial charge in [0, 0.05) is 19.6 Å². The van der Waals surface area contributed by atoms with Crippen LogP contribution in [0.1, 0.15) is 61.2 Å². The lowest BCUT2D eigenvalue weighted by molar-refractivity contribution is -0.122. The summed E-state index contributed by atoms with van der Waals surface area (Å²) in [5, 5.41) is 61.5. The normalized spacial score (nSPS) is 11.5. The van der Waals surface area contributed by atoms with E-state index in [2.05, 4.69) is 84.5 Å². The molecule has 25 heteroatoms. The molecule has 25 nitrogen and oxygen atoms in total. The van der Waals surface area contributed by atoms with Crippen molar-refractivity contribution in [1.82, 2.24) is 16.0 Å². The number of aromatic hydroxyl groups is 3. The predicted octanol–water partition coefficient (Wildman–Crippen LogP) is 11.7. The van der Waals surface area contributed by atoms with E-state index in [1.54, 1.807) is 72.8 Å². The van der Waals surface area contributed by atoms with E-state index in [0.29, 0.717) is 43.2 Å². The SMILES string of the molecule is C.C.C.CN.CN.CN.CN.Cc1ccc(CNC(=O)C(N=Nc2ccccc2)C(N)=NCc2ccccc2)cc1.NC(=NCc1ccc(O)cc1)C(N=Nc1ccc(O)cc1)C(=O)NCc1ccccc1.NC(=NCc1ccc(O)cc1)C(N=Nc1ccccc1)C(=O)NCc1ccccc1. The van der Waals surface area contributed by atoms with Crippen LogP contribution in [0.3, 0.4) is 0 Å².